The van der Waals surface area contributed by atoms with Gasteiger partial charge in [0.15, 0.2) is 11.5 Å². The summed E-state index contributed by atoms with van der Waals surface area (Å²) in [5.41, 5.74) is 4.93. The number of methoxy groups -OCH3 is 2. The molecule has 0 fully saturated rings. The molecule has 0 saturated heterocycles. The molecule has 0 aliphatic carbocycles. The first-order chi connectivity index (χ1) is 13.2. The highest BCUT2D eigenvalue weighted by Crippen LogP contribution is 2.36. The molecule has 0 amide bonds. The maximum absolute atomic E-state index is 6.25. The molecule has 0 aliphatic rings. The summed E-state index contributed by atoms with van der Waals surface area (Å²) in [7, 11) is 3.26. The highest BCUT2D eigenvalue weighted by Gasteiger charge is 2.12. The molecule has 0 aliphatic heterocycles. The van der Waals surface area contributed by atoms with Gasteiger partial charge in [-0.05, 0) is 53.6 Å². The molecule has 1 heterocycles. The number of nitrogens with zero attached hydrogens (tertiary/aromatic N) is 1. The Bertz CT molecular complexity index is 1110. The summed E-state index contributed by atoms with van der Waals surface area (Å²) in [5.74, 6) is 1.37. The lowest BCUT2D eigenvalue weighted by Crippen LogP contribution is -1.93. The van der Waals surface area contributed by atoms with Gasteiger partial charge >= 0.3 is 0 Å². The van der Waals surface area contributed by atoms with Gasteiger partial charge in [-0.25, -0.2) is 4.98 Å². The average Bonchev–Trinajstić information content (AvgIpc) is 2.73. The maximum Gasteiger partial charge on any atom is 0.161 e. The summed E-state index contributed by atoms with van der Waals surface area (Å²) in [5, 5.41) is 1.72. The van der Waals surface area contributed by atoms with Crippen molar-refractivity contribution in [2.75, 3.05) is 14.2 Å². The summed E-state index contributed by atoms with van der Waals surface area (Å²) in [4.78, 5) is 4.85. The molecule has 4 heteroatoms. The minimum absolute atomic E-state index is 0.675. The Hall–Kier alpha value is -3.04. The molecule has 0 bridgehead atoms. The average molecular weight is 376 g/mol. The lowest BCUT2D eigenvalue weighted by Gasteiger charge is -2.13. The van der Waals surface area contributed by atoms with E-state index in [0.29, 0.717) is 16.5 Å². The van der Waals surface area contributed by atoms with Gasteiger partial charge in [0.2, 0.25) is 0 Å². The monoisotopic (exact) mass is 375 g/mol. The fourth-order valence-corrected chi connectivity index (χ4v) is 3.37. The van der Waals surface area contributed by atoms with Crippen molar-refractivity contribution in [2.24, 2.45) is 0 Å². The topological polar surface area (TPSA) is 31.4 Å². The van der Waals surface area contributed by atoms with Gasteiger partial charge < -0.3 is 9.47 Å². The fourth-order valence-electron chi connectivity index (χ4n) is 3.20. The Morgan fingerprint density at radius 3 is 2.26 bits per heavy atom. The Balaban J connectivity index is 1.96. The van der Waals surface area contributed by atoms with Crippen LogP contribution in [0.5, 0.6) is 11.5 Å². The van der Waals surface area contributed by atoms with Gasteiger partial charge in [-0.3, -0.25) is 0 Å². The van der Waals surface area contributed by atoms with Crippen LogP contribution in [0, 0.1) is 0 Å². The van der Waals surface area contributed by atoms with E-state index in [4.69, 9.17) is 26.1 Å². The molecule has 3 aromatic carbocycles. The first-order valence-electron chi connectivity index (χ1n) is 8.58. The molecule has 4 rings (SSSR count). The molecule has 0 N–H and O–H groups in total. The van der Waals surface area contributed by atoms with Crippen LogP contribution in [-0.4, -0.2) is 19.2 Å². The van der Waals surface area contributed by atoms with Crippen molar-refractivity contribution in [1.29, 1.82) is 0 Å². The molecular weight excluding hydrogens is 358 g/mol. The predicted molar refractivity (Wildman–Crippen MR) is 111 cm³/mol. The van der Waals surface area contributed by atoms with Gasteiger partial charge in [-0.15, -0.1) is 0 Å². The van der Waals surface area contributed by atoms with Gasteiger partial charge in [-0.2, -0.15) is 0 Å². The molecule has 0 unspecified atom stereocenters. The smallest absolute Gasteiger partial charge is 0.161 e. The van der Waals surface area contributed by atoms with Crippen molar-refractivity contribution in [2.45, 2.75) is 0 Å². The van der Waals surface area contributed by atoms with E-state index in [0.717, 1.165) is 33.3 Å². The standard InChI is InChI=1S/C23H18ClNO2/c1-26-22-11-8-16(12-23(22)27-2)21-14-18(15-6-4-3-5-7-15)19-13-17(24)9-10-20(19)25-21/h3-14H,1-2H3. The molecule has 134 valence electrons. The number of aromatic nitrogens is 1. The number of pyridine rings is 1. The van der Waals surface area contributed by atoms with Crippen molar-refractivity contribution in [3.63, 3.8) is 0 Å². The van der Waals surface area contributed by atoms with Crippen LogP contribution in [0.2, 0.25) is 5.02 Å². The number of ether oxygens (including phenoxy) is 2. The van der Waals surface area contributed by atoms with E-state index in [1.54, 1.807) is 14.2 Å². The summed E-state index contributed by atoms with van der Waals surface area (Å²) < 4.78 is 10.8. The molecule has 0 radical (unpaired) electrons. The Labute approximate surface area is 163 Å². The number of rotatable bonds is 4. The molecule has 27 heavy (non-hydrogen) atoms. The fraction of sp³-hybridized carbons (Fsp3) is 0.0870. The van der Waals surface area contributed by atoms with Crippen LogP contribution in [0.25, 0.3) is 33.3 Å². The van der Waals surface area contributed by atoms with E-state index >= 15 is 0 Å². The van der Waals surface area contributed by atoms with Crippen LogP contribution in [0.15, 0.2) is 72.8 Å². The highest BCUT2D eigenvalue weighted by atomic mass is 35.5. The third kappa shape index (κ3) is 3.34. The van der Waals surface area contributed by atoms with Crippen molar-refractivity contribution >= 4 is 22.5 Å². The number of hydrogen-bond acceptors (Lipinski definition) is 3. The van der Waals surface area contributed by atoms with Crippen LogP contribution in [0.1, 0.15) is 0 Å². The molecular formula is C23H18ClNO2. The molecule has 4 aromatic rings. The van der Waals surface area contributed by atoms with Crippen molar-refractivity contribution in [1.82, 2.24) is 4.98 Å². The number of benzene rings is 3. The summed E-state index contributed by atoms with van der Waals surface area (Å²) in [6.07, 6.45) is 0. The molecule has 0 spiro atoms. The lowest BCUT2D eigenvalue weighted by atomic mass is 9.98. The minimum Gasteiger partial charge on any atom is -0.493 e. The van der Waals surface area contributed by atoms with E-state index in [2.05, 4.69) is 18.2 Å². The Kier molecular flexibility index (Phi) is 4.69. The summed E-state index contributed by atoms with van der Waals surface area (Å²) in [6.45, 7) is 0. The van der Waals surface area contributed by atoms with Crippen LogP contribution in [-0.2, 0) is 0 Å². The van der Waals surface area contributed by atoms with Gasteiger partial charge in [0.1, 0.15) is 0 Å². The first kappa shape index (κ1) is 17.4. The Morgan fingerprint density at radius 2 is 1.52 bits per heavy atom. The zero-order chi connectivity index (χ0) is 18.8. The summed E-state index contributed by atoms with van der Waals surface area (Å²) >= 11 is 6.25. The lowest BCUT2D eigenvalue weighted by molar-refractivity contribution is 0.355. The first-order valence-corrected chi connectivity index (χ1v) is 8.95. The normalized spacial score (nSPS) is 10.8. The SMILES string of the molecule is COc1ccc(-c2cc(-c3ccccc3)c3cc(Cl)ccc3n2)cc1OC. The molecule has 1 aromatic heterocycles. The second-order valence-corrected chi connectivity index (χ2v) is 6.59. The Morgan fingerprint density at radius 1 is 0.741 bits per heavy atom. The molecule has 0 atom stereocenters. The van der Waals surface area contributed by atoms with E-state index in [1.807, 2.05) is 54.6 Å². The number of halogens is 1. The molecule has 3 nitrogen and oxygen atoms in total. The second-order valence-electron chi connectivity index (χ2n) is 6.15. The predicted octanol–water partition coefficient (Wildman–Crippen LogP) is 6.24. The second kappa shape index (κ2) is 7.29. The van der Waals surface area contributed by atoms with E-state index in [9.17, 15) is 0 Å². The van der Waals surface area contributed by atoms with Crippen LogP contribution >= 0.6 is 11.6 Å². The maximum atomic E-state index is 6.25. The zero-order valence-corrected chi connectivity index (χ0v) is 15.8. The largest absolute Gasteiger partial charge is 0.493 e. The van der Waals surface area contributed by atoms with E-state index < -0.39 is 0 Å². The van der Waals surface area contributed by atoms with Crippen LogP contribution in [0.4, 0.5) is 0 Å². The van der Waals surface area contributed by atoms with Gasteiger partial charge in [0.25, 0.3) is 0 Å². The minimum atomic E-state index is 0.675. The van der Waals surface area contributed by atoms with Crippen molar-refractivity contribution in [3.05, 3.63) is 77.8 Å². The van der Waals surface area contributed by atoms with Gasteiger partial charge in [-0.1, -0.05) is 41.9 Å². The van der Waals surface area contributed by atoms with Crippen LogP contribution < -0.4 is 9.47 Å². The quantitative estimate of drug-likeness (QED) is 0.423. The highest BCUT2D eigenvalue weighted by molar-refractivity contribution is 6.31. The summed E-state index contributed by atoms with van der Waals surface area (Å²) in [6, 6.07) is 23.9. The third-order valence-corrected chi connectivity index (χ3v) is 4.77. The van der Waals surface area contributed by atoms with Crippen molar-refractivity contribution < 1.29 is 9.47 Å². The molecule has 0 saturated carbocycles. The number of fused-ring (bicyclic) bond motifs is 1. The zero-order valence-electron chi connectivity index (χ0n) is 15.1. The van der Waals surface area contributed by atoms with Crippen LogP contribution in [0.3, 0.4) is 0 Å². The number of hydrogen-bond donors (Lipinski definition) is 0. The van der Waals surface area contributed by atoms with Gasteiger partial charge in [0.05, 0.1) is 25.4 Å². The van der Waals surface area contributed by atoms with E-state index in [-0.39, 0.29) is 0 Å². The van der Waals surface area contributed by atoms with Crippen molar-refractivity contribution in [3.8, 4) is 33.9 Å². The van der Waals surface area contributed by atoms with E-state index in [1.165, 1.54) is 0 Å². The third-order valence-electron chi connectivity index (χ3n) is 4.53. The van der Waals surface area contributed by atoms with Gasteiger partial charge in [0, 0.05) is 16.0 Å².